The highest BCUT2D eigenvalue weighted by Gasteiger charge is 2.18. The van der Waals surface area contributed by atoms with Crippen molar-refractivity contribution in [2.24, 2.45) is 0 Å². The third-order valence-corrected chi connectivity index (χ3v) is 5.13. The fraction of sp³-hybridized carbons (Fsp3) is 0.261. The lowest BCUT2D eigenvalue weighted by Crippen LogP contribution is -2.31. The average molecular weight is 426 g/mol. The summed E-state index contributed by atoms with van der Waals surface area (Å²) in [6.07, 6.45) is 0.0600. The maximum absolute atomic E-state index is 12.3. The molecule has 0 radical (unpaired) electrons. The van der Waals surface area contributed by atoms with Gasteiger partial charge < -0.3 is 10.1 Å². The Morgan fingerprint density at radius 1 is 1.10 bits per heavy atom. The standard InChI is InChI=1S/C23H24ClN3O3/c1-15(18-9-11-19(24)12-10-18)25-22(28)14-30-23(29)13-21-16(2)26-27(17(21)3)20-7-5-4-6-8-20/h4-12,15H,13-14H2,1-3H3,(H,25,28). The number of benzene rings is 2. The molecule has 1 N–H and O–H groups in total. The van der Waals surface area contributed by atoms with E-state index in [9.17, 15) is 9.59 Å². The number of carbonyl (C=O) groups is 2. The zero-order chi connectivity index (χ0) is 21.7. The number of carbonyl (C=O) groups excluding carboxylic acids is 2. The molecule has 3 aromatic rings. The maximum atomic E-state index is 12.3. The highest BCUT2D eigenvalue weighted by molar-refractivity contribution is 6.30. The molecule has 156 valence electrons. The number of amides is 1. The Kier molecular flexibility index (Phi) is 6.90. The normalized spacial score (nSPS) is 11.7. The van der Waals surface area contributed by atoms with E-state index in [4.69, 9.17) is 16.3 Å². The van der Waals surface area contributed by atoms with Crippen molar-refractivity contribution < 1.29 is 14.3 Å². The van der Waals surface area contributed by atoms with Crippen molar-refractivity contribution in [2.45, 2.75) is 33.2 Å². The zero-order valence-corrected chi connectivity index (χ0v) is 17.9. The number of hydrogen-bond acceptors (Lipinski definition) is 4. The first-order valence-electron chi connectivity index (χ1n) is 9.66. The predicted octanol–water partition coefficient (Wildman–Crippen LogP) is 4.11. The average Bonchev–Trinajstić information content (AvgIpc) is 3.01. The highest BCUT2D eigenvalue weighted by Crippen LogP contribution is 2.19. The summed E-state index contributed by atoms with van der Waals surface area (Å²) in [6, 6.07) is 16.7. The molecule has 1 atom stereocenters. The van der Waals surface area contributed by atoms with Crippen LogP contribution < -0.4 is 5.32 Å². The molecule has 0 bridgehead atoms. The largest absolute Gasteiger partial charge is 0.455 e. The van der Waals surface area contributed by atoms with Crippen LogP contribution >= 0.6 is 11.6 Å². The molecule has 6 nitrogen and oxygen atoms in total. The molecule has 0 aliphatic carbocycles. The number of rotatable bonds is 7. The van der Waals surface area contributed by atoms with E-state index in [-0.39, 0.29) is 25.0 Å². The van der Waals surface area contributed by atoms with Gasteiger partial charge in [-0.3, -0.25) is 9.59 Å². The predicted molar refractivity (Wildman–Crippen MR) is 116 cm³/mol. The molecule has 30 heavy (non-hydrogen) atoms. The molecule has 0 fully saturated rings. The van der Waals surface area contributed by atoms with Crippen LogP contribution in [0.4, 0.5) is 0 Å². The van der Waals surface area contributed by atoms with Crippen LogP contribution in [-0.4, -0.2) is 28.3 Å². The third kappa shape index (κ3) is 5.27. The Labute approximate surface area is 180 Å². The van der Waals surface area contributed by atoms with Crippen LogP contribution in [0.2, 0.25) is 5.02 Å². The van der Waals surface area contributed by atoms with Gasteiger partial charge in [0, 0.05) is 16.3 Å². The van der Waals surface area contributed by atoms with Crippen LogP contribution in [0.3, 0.4) is 0 Å². The molecule has 1 amide bonds. The van der Waals surface area contributed by atoms with Gasteiger partial charge in [-0.05, 0) is 50.6 Å². The van der Waals surface area contributed by atoms with Gasteiger partial charge in [-0.25, -0.2) is 4.68 Å². The van der Waals surface area contributed by atoms with Crippen molar-refractivity contribution >= 4 is 23.5 Å². The number of esters is 1. The number of ether oxygens (including phenoxy) is 1. The summed E-state index contributed by atoms with van der Waals surface area (Å²) >= 11 is 5.88. The second-order valence-electron chi connectivity index (χ2n) is 7.07. The van der Waals surface area contributed by atoms with Crippen LogP contribution in [-0.2, 0) is 20.7 Å². The van der Waals surface area contributed by atoms with Gasteiger partial charge in [0.05, 0.1) is 23.8 Å². The fourth-order valence-electron chi connectivity index (χ4n) is 3.21. The minimum atomic E-state index is -0.469. The smallest absolute Gasteiger partial charge is 0.310 e. The fourth-order valence-corrected chi connectivity index (χ4v) is 3.34. The van der Waals surface area contributed by atoms with Gasteiger partial charge in [-0.1, -0.05) is 41.9 Å². The van der Waals surface area contributed by atoms with Gasteiger partial charge in [0.25, 0.3) is 5.91 Å². The van der Waals surface area contributed by atoms with Gasteiger partial charge >= 0.3 is 5.97 Å². The number of hydrogen-bond donors (Lipinski definition) is 1. The molecule has 0 spiro atoms. The summed E-state index contributed by atoms with van der Waals surface area (Å²) in [5, 5.41) is 7.97. The van der Waals surface area contributed by atoms with Crippen LogP contribution in [0, 0.1) is 13.8 Å². The summed E-state index contributed by atoms with van der Waals surface area (Å²) in [5.41, 5.74) is 4.27. The molecule has 1 unspecified atom stereocenters. The van der Waals surface area contributed by atoms with Crippen LogP contribution in [0.15, 0.2) is 54.6 Å². The Balaban J connectivity index is 1.55. The first kappa shape index (κ1) is 21.6. The second-order valence-corrected chi connectivity index (χ2v) is 7.51. The van der Waals surface area contributed by atoms with Gasteiger partial charge in [-0.2, -0.15) is 5.10 Å². The minimum Gasteiger partial charge on any atom is -0.455 e. The van der Waals surface area contributed by atoms with Gasteiger partial charge in [-0.15, -0.1) is 0 Å². The second kappa shape index (κ2) is 9.59. The van der Waals surface area contributed by atoms with E-state index in [0.717, 1.165) is 28.2 Å². The Morgan fingerprint density at radius 3 is 2.43 bits per heavy atom. The number of aryl methyl sites for hydroxylation is 1. The lowest BCUT2D eigenvalue weighted by atomic mass is 10.1. The lowest BCUT2D eigenvalue weighted by Gasteiger charge is -2.14. The number of halogens is 1. The Bertz CT molecular complexity index is 1030. The van der Waals surface area contributed by atoms with Crippen LogP contribution in [0.25, 0.3) is 5.69 Å². The molecule has 0 saturated heterocycles. The summed E-state index contributed by atoms with van der Waals surface area (Å²) < 4.78 is 6.98. The van der Waals surface area contributed by atoms with Crippen LogP contribution in [0.5, 0.6) is 0 Å². The molecular formula is C23H24ClN3O3. The molecule has 0 aliphatic heterocycles. The first-order valence-corrected chi connectivity index (χ1v) is 10.0. The number of nitrogens with zero attached hydrogens (tertiary/aromatic N) is 2. The van der Waals surface area contributed by atoms with E-state index in [1.807, 2.05) is 63.2 Å². The number of para-hydroxylation sites is 1. The Morgan fingerprint density at radius 2 is 1.77 bits per heavy atom. The van der Waals surface area contributed by atoms with E-state index < -0.39 is 5.97 Å². The van der Waals surface area contributed by atoms with Crippen LogP contribution in [0.1, 0.15) is 35.5 Å². The van der Waals surface area contributed by atoms with Crippen molar-refractivity contribution in [2.75, 3.05) is 6.61 Å². The zero-order valence-electron chi connectivity index (χ0n) is 17.2. The van der Waals surface area contributed by atoms with Crippen molar-refractivity contribution in [1.29, 1.82) is 0 Å². The third-order valence-electron chi connectivity index (χ3n) is 4.87. The van der Waals surface area contributed by atoms with Gasteiger partial charge in [0.15, 0.2) is 6.61 Å². The number of aromatic nitrogens is 2. The van der Waals surface area contributed by atoms with E-state index in [1.165, 1.54) is 0 Å². The molecule has 7 heteroatoms. The van der Waals surface area contributed by atoms with E-state index in [2.05, 4.69) is 10.4 Å². The van der Waals surface area contributed by atoms with Crippen molar-refractivity contribution in [3.05, 3.63) is 82.1 Å². The minimum absolute atomic E-state index is 0.0600. The molecule has 2 aromatic carbocycles. The lowest BCUT2D eigenvalue weighted by molar-refractivity contribution is -0.148. The van der Waals surface area contributed by atoms with E-state index >= 15 is 0 Å². The maximum Gasteiger partial charge on any atom is 0.310 e. The van der Waals surface area contributed by atoms with Crippen molar-refractivity contribution in [1.82, 2.24) is 15.1 Å². The number of nitrogens with one attached hydrogen (secondary N) is 1. The SMILES string of the molecule is Cc1nn(-c2ccccc2)c(C)c1CC(=O)OCC(=O)NC(C)c1ccc(Cl)cc1. The Hall–Kier alpha value is -3.12. The summed E-state index contributed by atoms with van der Waals surface area (Å²) in [7, 11) is 0. The van der Waals surface area contributed by atoms with E-state index in [1.54, 1.807) is 16.8 Å². The van der Waals surface area contributed by atoms with Gasteiger partial charge in [0.1, 0.15) is 0 Å². The first-order chi connectivity index (χ1) is 14.3. The highest BCUT2D eigenvalue weighted by atomic mass is 35.5. The molecule has 0 saturated carbocycles. The quantitative estimate of drug-likeness (QED) is 0.578. The van der Waals surface area contributed by atoms with Crippen molar-refractivity contribution in [3.8, 4) is 5.69 Å². The van der Waals surface area contributed by atoms with Crippen molar-refractivity contribution in [3.63, 3.8) is 0 Å². The molecule has 0 aliphatic rings. The summed E-state index contributed by atoms with van der Waals surface area (Å²) in [5.74, 6) is -0.831. The molecule has 1 heterocycles. The summed E-state index contributed by atoms with van der Waals surface area (Å²) in [6.45, 7) is 5.29. The topological polar surface area (TPSA) is 73.2 Å². The molecular weight excluding hydrogens is 402 g/mol. The molecule has 1 aromatic heterocycles. The summed E-state index contributed by atoms with van der Waals surface area (Å²) in [4.78, 5) is 24.4. The van der Waals surface area contributed by atoms with E-state index in [0.29, 0.717) is 5.02 Å². The van der Waals surface area contributed by atoms with Gasteiger partial charge in [0.2, 0.25) is 0 Å². The molecule has 3 rings (SSSR count). The monoisotopic (exact) mass is 425 g/mol.